The number of carbonyl (C=O) groups is 2. The molecule has 7 heteroatoms. The van der Waals surface area contributed by atoms with Crippen molar-refractivity contribution in [1.29, 1.82) is 0 Å². The molecule has 0 aromatic heterocycles. The predicted octanol–water partition coefficient (Wildman–Crippen LogP) is 3.76. The van der Waals surface area contributed by atoms with Gasteiger partial charge in [0.1, 0.15) is 0 Å². The summed E-state index contributed by atoms with van der Waals surface area (Å²) in [6, 6.07) is 11.2. The highest BCUT2D eigenvalue weighted by Gasteiger charge is 2.25. The molecule has 2 aromatic rings. The highest BCUT2D eigenvalue weighted by molar-refractivity contribution is 7.89. The van der Waals surface area contributed by atoms with Crippen molar-refractivity contribution in [1.82, 2.24) is 4.31 Å². The van der Waals surface area contributed by atoms with Gasteiger partial charge < -0.3 is 4.74 Å². The second kappa shape index (κ2) is 9.33. The van der Waals surface area contributed by atoms with Crippen LogP contribution in [0.5, 0.6) is 0 Å². The minimum absolute atomic E-state index is 0.0177. The highest BCUT2D eigenvalue weighted by atomic mass is 32.2. The van der Waals surface area contributed by atoms with Crippen molar-refractivity contribution in [3.05, 3.63) is 64.7 Å². The molecular weight excluding hydrogens is 390 g/mol. The van der Waals surface area contributed by atoms with Crippen molar-refractivity contribution in [3.63, 3.8) is 0 Å². The molecule has 0 aliphatic heterocycles. The second-order valence-corrected chi connectivity index (χ2v) is 8.79. The largest absolute Gasteiger partial charge is 0.451 e. The number of Topliss-reactive ketones (excluding diaryl/α,β-unsaturated/α-hetero) is 1. The topological polar surface area (TPSA) is 80.8 Å². The molecule has 29 heavy (non-hydrogen) atoms. The summed E-state index contributed by atoms with van der Waals surface area (Å²) >= 11 is 0. The zero-order valence-electron chi connectivity index (χ0n) is 17.4. The maximum atomic E-state index is 12.7. The molecule has 0 bridgehead atoms. The van der Waals surface area contributed by atoms with Crippen LogP contribution in [-0.4, -0.2) is 43.7 Å². The summed E-state index contributed by atoms with van der Waals surface area (Å²) < 4.78 is 32.0. The van der Waals surface area contributed by atoms with Crippen molar-refractivity contribution in [2.45, 2.75) is 45.6 Å². The number of sulfonamides is 1. The molecule has 156 valence electrons. The van der Waals surface area contributed by atoms with Crippen LogP contribution >= 0.6 is 0 Å². The van der Waals surface area contributed by atoms with Crippen molar-refractivity contribution in [3.8, 4) is 0 Å². The summed E-state index contributed by atoms with van der Waals surface area (Å²) in [6.07, 6.45) is -0.994. The number of hydrogen-bond acceptors (Lipinski definition) is 5. The first kappa shape index (κ1) is 22.8. The second-order valence-electron chi connectivity index (χ2n) is 6.85. The summed E-state index contributed by atoms with van der Waals surface area (Å²) in [5, 5.41) is 0. The zero-order valence-corrected chi connectivity index (χ0v) is 18.2. The lowest BCUT2D eigenvalue weighted by atomic mass is 9.99. The van der Waals surface area contributed by atoms with Gasteiger partial charge in [-0.05, 0) is 50.6 Å². The Morgan fingerprint density at radius 3 is 2.31 bits per heavy atom. The van der Waals surface area contributed by atoms with Crippen LogP contribution in [0.1, 0.15) is 52.6 Å². The van der Waals surface area contributed by atoms with Crippen LogP contribution in [-0.2, 0) is 14.8 Å². The fourth-order valence-electron chi connectivity index (χ4n) is 3.00. The SMILES string of the molecule is CCN(CC)S(=O)(=O)c1cccc(C(=O)O[C@@H](C)C(=O)c2cc(C)ccc2C)c1. The van der Waals surface area contributed by atoms with E-state index in [2.05, 4.69) is 0 Å². The molecule has 2 aromatic carbocycles. The Labute approximate surface area is 172 Å². The maximum absolute atomic E-state index is 12.7. The molecule has 0 saturated carbocycles. The van der Waals surface area contributed by atoms with Crippen LogP contribution in [0, 0.1) is 13.8 Å². The average Bonchev–Trinajstić information content (AvgIpc) is 2.70. The smallest absolute Gasteiger partial charge is 0.338 e. The lowest BCUT2D eigenvalue weighted by molar-refractivity contribution is 0.0318. The summed E-state index contributed by atoms with van der Waals surface area (Å²) in [5.74, 6) is -1.04. The molecule has 1 atom stereocenters. The van der Waals surface area contributed by atoms with Gasteiger partial charge in [-0.3, -0.25) is 4.79 Å². The molecule has 0 saturated heterocycles. The lowest BCUT2D eigenvalue weighted by Crippen LogP contribution is -2.30. The van der Waals surface area contributed by atoms with Crippen LogP contribution in [0.3, 0.4) is 0 Å². The lowest BCUT2D eigenvalue weighted by Gasteiger charge is -2.19. The number of benzene rings is 2. The van der Waals surface area contributed by atoms with E-state index < -0.39 is 22.1 Å². The van der Waals surface area contributed by atoms with Crippen LogP contribution in [0.4, 0.5) is 0 Å². The van der Waals surface area contributed by atoms with Gasteiger partial charge in [0.25, 0.3) is 0 Å². The highest BCUT2D eigenvalue weighted by Crippen LogP contribution is 2.19. The summed E-state index contributed by atoms with van der Waals surface area (Å²) in [4.78, 5) is 25.3. The number of rotatable bonds is 8. The molecule has 0 unspecified atom stereocenters. The monoisotopic (exact) mass is 417 g/mol. The van der Waals surface area contributed by atoms with E-state index in [1.165, 1.54) is 35.5 Å². The van der Waals surface area contributed by atoms with Crippen LogP contribution in [0.25, 0.3) is 0 Å². The molecule has 0 amide bonds. The molecule has 0 heterocycles. The zero-order chi connectivity index (χ0) is 21.8. The quantitative estimate of drug-likeness (QED) is 0.483. The fraction of sp³-hybridized carbons (Fsp3) is 0.364. The van der Waals surface area contributed by atoms with Crippen LogP contribution in [0.15, 0.2) is 47.4 Å². The van der Waals surface area contributed by atoms with Gasteiger partial charge in [0.05, 0.1) is 10.5 Å². The molecular formula is C22H27NO5S. The maximum Gasteiger partial charge on any atom is 0.338 e. The molecule has 2 rings (SSSR count). The Kier molecular flexibility index (Phi) is 7.32. The van der Waals surface area contributed by atoms with Gasteiger partial charge in [-0.15, -0.1) is 0 Å². The normalized spacial score (nSPS) is 12.6. The Morgan fingerprint density at radius 2 is 1.69 bits per heavy atom. The molecule has 0 spiro atoms. The third kappa shape index (κ3) is 5.10. The van der Waals surface area contributed by atoms with E-state index in [9.17, 15) is 18.0 Å². The minimum atomic E-state index is -3.70. The molecule has 0 aliphatic rings. The number of ketones is 1. The molecule has 0 N–H and O–H groups in total. The number of aryl methyl sites for hydroxylation is 2. The number of nitrogens with zero attached hydrogens (tertiary/aromatic N) is 1. The van der Waals surface area contributed by atoms with E-state index in [-0.39, 0.29) is 16.2 Å². The summed E-state index contributed by atoms with van der Waals surface area (Å²) in [7, 11) is -3.70. The first-order valence-corrected chi connectivity index (χ1v) is 11.0. The minimum Gasteiger partial charge on any atom is -0.451 e. The average molecular weight is 418 g/mol. The van der Waals surface area contributed by atoms with E-state index in [0.717, 1.165) is 11.1 Å². The van der Waals surface area contributed by atoms with E-state index >= 15 is 0 Å². The van der Waals surface area contributed by atoms with Crippen molar-refractivity contribution < 1.29 is 22.7 Å². The number of carbonyl (C=O) groups excluding carboxylic acids is 2. The van der Waals surface area contributed by atoms with E-state index in [1.54, 1.807) is 19.9 Å². The standard InChI is InChI=1S/C22H27NO5S/c1-6-23(7-2)29(26,27)19-10-8-9-18(14-19)22(25)28-17(5)21(24)20-13-15(3)11-12-16(20)4/h8-14,17H,6-7H2,1-5H3/t17-/m0/s1. The van der Waals surface area contributed by atoms with Crippen molar-refractivity contribution in [2.24, 2.45) is 0 Å². The van der Waals surface area contributed by atoms with Gasteiger partial charge in [-0.25, -0.2) is 13.2 Å². The summed E-state index contributed by atoms with van der Waals surface area (Å²) in [6.45, 7) is 9.37. The Bertz CT molecular complexity index is 1010. The van der Waals surface area contributed by atoms with Crippen molar-refractivity contribution in [2.75, 3.05) is 13.1 Å². The number of ether oxygens (including phenoxy) is 1. The van der Waals surface area contributed by atoms with Crippen LogP contribution in [0.2, 0.25) is 0 Å². The third-order valence-electron chi connectivity index (χ3n) is 4.72. The van der Waals surface area contributed by atoms with Gasteiger partial charge in [0.15, 0.2) is 6.10 Å². The van der Waals surface area contributed by atoms with E-state index in [4.69, 9.17) is 4.74 Å². The molecule has 6 nitrogen and oxygen atoms in total. The summed E-state index contributed by atoms with van der Waals surface area (Å²) in [5.41, 5.74) is 2.32. The van der Waals surface area contributed by atoms with Gasteiger partial charge in [0, 0.05) is 18.7 Å². The Balaban J connectivity index is 2.23. The van der Waals surface area contributed by atoms with Gasteiger partial charge in [0.2, 0.25) is 15.8 Å². The first-order chi connectivity index (χ1) is 13.6. The number of hydrogen-bond donors (Lipinski definition) is 0. The van der Waals surface area contributed by atoms with Gasteiger partial charge in [-0.1, -0.05) is 37.6 Å². The van der Waals surface area contributed by atoms with E-state index in [1.807, 2.05) is 26.0 Å². The van der Waals surface area contributed by atoms with Gasteiger partial charge >= 0.3 is 5.97 Å². The molecule has 0 aliphatic carbocycles. The molecule has 0 radical (unpaired) electrons. The molecule has 0 fully saturated rings. The van der Waals surface area contributed by atoms with Gasteiger partial charge in [-0.2, -0.15) is 4.31 Å². The first-order valence-electron chi connectivity index (χ1n) is 9.54. The fourth-order valence-corrected chi connectivity index (χ4v) is 4.50. The van der Waals surface area contributed by atoms with Crippen LogP contribution < -0.4 is 0 Å². The predicted molar refractivity (Wildman–Crippen MR) is 112 cm³/mol. The van der Waals surface area contributed by atoms with E-state index in [0.29, 0.717) is 18.7 Å². The third-order valence-corrected chi connectivity index (χ3v) is 6.77. The number of esters is 1. The van der Waals surface area contributed by atoms with Crippen molar-refractivity contribution >= 4 is 21.8 Å². The Hall–Kier alpha value is -2.51. The Morgan fingerprint density at radius 1 is 1.03 bits per heavy atom.